The molecule has 0 spiro atoms. The Morgan fingerprint density at radius 3 is 2.65 bits per heavy atom. The van der Waals surface area contributed by atoms with Gasteiger partial charge in [-0.3, -0.25) is 4.79 Å². The van der Waals surface area contributed by atoms with Gasteiger partial charge in [0.05, 0.1) is 0 Å². The van der Waals surface area contributed by atoms with Crippen molar-refractivity contribution in [2.45, 2.75) is 50.9 Å². The molecule has 2 saturated carbocycles. The van der Waals surface area contributed by atoms with Crippen molar-refractivity contribution in [3.05, 3.63) is 0 Å². The fourth-order valence-electron chi connectivity index (χ4n) is 3.19. The number of aliphatic carboxylic acids is 1. The van der Waals surface area contributed by atoms with Crippen molar-refractivity contribution < 1.29 is 19.1 Å². The van der Waals surface area contributed by atoms with E-state index in [1.165, 1.54) is 0 Å². The maximum Gasteiger partial charge on any atom is 0.335 e. The highest BCUT2D eigenvalue weighted by atomic mass is 28.4. The van der Waals surface area contributed by atoms with E-state index < -0.39 is 19.9 Å². The quantitative estimate of drug-likeness (QED) is 0.785. The number of hydrogen-bond donors (Lipinski definition) is 1. The first-order valence-corrected chi connectivity index (χ1v) is 9.63. The topological polar surface area (TPSA) is 63.6 Å². The number of fused-ring (bicyclic) bond motifs is 1. The Balaban J connectivity index is 2.21. The molecule has 0 aromatic rings. The Hall–Kier alpha value is -0.683. The zero-order valence-electron chi connectivity index (χ0n) is 10.7. The molecule has 2 fully saturated rings. The SMILES string of the molecule is C[Si](C)(C)O[C@]1(C(=O)O)C[C@@H]2C(=O)CCC[C@@H]21. The summed E-state index contributed by atoms with van der Waals surface area (Å²) in [5.41, 5.74) is -1.06. The van der Waals surface area contributed by atoms with E-state index in [-0.39, 0.29) is 17.6 Å². The van der Waals surface area contributed by atoms with Crippen LogP contribution < -0.4 is 0 Å². The van der Waals surface area contributed by atoms with E-state index in [9.17, 15) is 14.7 Å². The fourth-order valence-corrected chi connectivity index (χ4v) is 4.61. The van der Waals surface area contributed by atoms with E-state index in [1.54, 1.807) is 0 Å². The van der Waals surface area contributed by atoms with Gasteiger partial charge in [-0.25, -0.2) is 4.79 Å². The summed E-state index contributed by atoms with van der Waals surface area (Å²) < 4.78 is 5.93. The van der Waals surface area contributed by atoms with Gasteiger partial charge in [-0.1, -0.05) is 0 Å². The number of carboxylic acids is 1. The van der Waals surface area contributed by atoms with E-state index in [4.69, 9.17) is 4.43 Å². The van der Waals surface area contributed by atoms with Crippen LogP contribution in [-0.4, -0.2) is 30.8 Å². The standard InChI is InChI=1S/C12H20O4Si/c1-17(2,3)16-12(11(14)15)7-8-9(12)5-4-6-10(8)13/h8-9H,4-7H2,1-3H3,(H,14,15)/t8-,9-,12+/m0/s1. The molecule has 0 bridgehead atoms. The minimum absolute atomic E-state index is 0.0591. The molecule has 3 atom stereocenters. The van der Waals surface area contributed by atoms with Gasteiger partial charge in [0, 0.05) is 18.3 Å². The molecule has 0 amide bonds. The predicted octanol–water partition coefficient (Wildman–Crippen LogP) is 2.05. The average Bonchev–Trinajstić information content (AvgIpc) is 2.15. The molecule has 0 unspecified atom stereocenters. The van der Waals surface area contributed by atoms with Crippen LogP contribution in [0.25, 0.3) is 0 Å². The van der Waals surface area contributed by atoms with Crippen molar-refractivity contribution in [3.8, 4) is 0 Å². The van der Waals surface area contributed by atoms with Crippen molar-refractivity contribution in [2.75, 3.05) is 0 Å². The molecule has 96 valence electrons. The number of rotatable bonds is 3. The second-order valence-corrected chi connectivity index (χ2v) is 10.6. The molecular formula is C12H20O4Si. The van der Waals surface area contributed by atoms with E-state index in [2.05, 4.69) is 0 Å². The third-order valence-electron chi connectivity index (χ3n) is 3.81. The lowest BCUT2D eigenvalue weighted by molar-refractivity contribution is -0.192. The van der Waals surface area contributed by atoms with Crippen LogP contribution in [0.1, 0.15) is 25.7 Å². The van der Waals surface area contributed by atoms with Crippen molar-refractivity contribution >= 4 is 20.1 Å². The van der Waals surface area contributed by atoms with E-state index in [0.717, 1.165) is 12.8 Å². The van der Waals surface area contributed by atoms with Crippen LogP contribution in [0.5, 0.6) is 0 Å². The summed E-state index contributed by atoms with van der Waals surface area (Å²) in [5.74, 6) is -0.794. The average molecular weight is 256 g/mol. The maximum absolute atomic E-state index is 11.7. The lowest BCUT2D eigenvalue weighted by atomic mass is 9.55. The van der Waals surface area contributed by atoms with Crippen LogP contribution in [0.4, 0.5) is 0 Å². The molecule has 0 aromatic heterocycles. The van der Waals surface area contributed by atoms with Crippen LogP contribution in [0.2, 0.25) is 19.6 Å². The predicted molar refractivity (Wildman–Crippen MR) is 65.3 cm³/mol. The van der Waals surface area contributed by atoms with Gasteiger partial charge < -0.3 is 9.53 Å². The molecule has 2 aliphatic carbocycles. The molecule has 0 radical (unpaired) electrons. The van der Waals surface area contributed by atoms with E-state index in [1.807, 2.05) is 19.6 Å². The smallest absolute Gasteiger partial charge is 0.335 e. The van der Waals surface area contributed by atoms with Crippen molar-refractivity contribution in [3.63, 3.8) is 0 Å². The lowest BCUT2D eigenvalue weighted by Gasteiger charge is -2.55. The van der Waals surface area contributed by atoms with Gasteiger partial charge in [-0.2, -0.15) is 0 Å². The highest BCUT2D eigenvalue weighted by Gasteiger charge is 2.63. The fraction of sp³-hybridized carbons (Fsp3) is 0.833. The van der Waals surface area contributed by atoms with Crippen LogP contribution >= 0.6 is 0 Å². The minimum atomic E-state index is -1.92. The van der Waals surface area contributed by atoms with Crippen molar-refractivity contribution in [1.29, 1.82) is 0 Å². The summed E-state index contributed by atoms with van der Waals surface area (Å²) in [6.45, 7) is 5.99. The maximum atomic E-state index is 11.7. The first-order chi connectivity index (χ1) is 7.76. The van der Waals surface area contributed by atoms with Crippen molar-refractivity contribution in [2.24, 2.45) is 11.8 Å². The largest absolute Gasteiger partial charge is 0.479 e. The monoisotopic (exact) mass is 256 g/mol. The molecule has 0 aromatic carbocycles. The van der Waals surface area contributed by atoms with Crippen LogP contribution in [0.15, 0.2) is 0 Å². The third kappa shape index (κ3) is 2.06. The van der Waals surface area contributed by atoms with Crippen LogP contribution in [-0.2, 0) is 14.0 Å². The zero-order chi connectivity index (χ0) is 12.8. The Labute approximate surface area is 102 Å². The summed E-state index contributed by atoms with van der Waals surface area (Å²) >= 11 is 0. The molecule has 0 heterocycles. The Kier molecular flexibility index (Phi) is 2.94. The molecular weight excluding hydrogens is 236 g/mol. The second-order valence-electron chi connectivity index (χ2n) is 6.18. The first kappa shape index (κ1) is 12.8. The van der Waals surface area contributed by atoms with Crippen LogP contribution in [0, 0.1) is 11.8 Å². The number of ketones is 1. The second kappa shape index (κ2) is 3.92. The molecule has 0 saturated heterocycles. The molecule has 2 aliphatic rings. The zero-order valence-corrected chi connectivity index (χ0v) is 11.7. The first-order valence-electron chi connectivity index (χ1n) is 6.22. The molecule has 5 heteroatoms. The lowest BCUT2D eigenvalue weighted by Crippen LogP contribution is -2.66. The van der Waals surface area contributed by atoms with Gasteiger partial charge >= 0.3 is 5.97 Å². The molecule has 1 N–H and O–H groups in total. The molecule has 0 aliphatic heterocycles. The minimum Gasteiger partial charge on any atom is -0.479 e. The van der Waals surface area contributed by atoms with Gasteiger partial charge in [0.25, 0.3) is 0 Å². The summed E-state index contributed by atoms with van der Waals surface area (Å²) in [6.07, 6.45) is 2.62. The van der Waals surface area contributed by atoms with Gasteiger partial charge in [0.1, 0.15) is 5.78 Å². The molecule has 4 nitrogen and oxygen atoms in total. The molecule has 2 rings (SSSR count). The highest BCUT2D eigenvalue weighted by molar-refractivity contribution is 6.70. The summed E-state index contributed by atoms with van der Waals surface area (Å²) in [7, 11) is -1.92. The Morgan fingerprint density at radius 1 is 1.47 bits per heavy atom. The van der Waals surface area contributed by atoms with Gasteiger partial charge in [-0.15, -0.1) is 0 Å². The highest BCUT2D eigenvalue weighted by Crippen LogP contribution is 2.53. The van der Waals surface area contributed by atoms with Gasteiger partial charge in [-0.05, 0) is 38.9 Å². The van der Waals surface area contributed by atoms with Crippen LogP contribution in [0.3, 0.4) is 0 Å². The van der Waals surface area contributed by atoms with E-state index in [0.29, 0.717) is 12.8 Å². The summed E-state index contributed by atoms with van der Waals surface area (Å²) in [5, 5.41) is 9.46. The normalized spacial score (nSPS) is 37.2. The number of carbonyl (C=O) groups is 2. The van der Waals surface area contributed by atoms with Crippen molar-refractivity contribution in [1.82, 2.24) is 0 Å². The number of hydrogen-bond acceptors (Lipinski definition) is 3. The van der Waals surface area contributed by atoms with Gasteiger partial charge in [0.15, 0.2) is 13.9 Å². The summed E-state index contributed by atoms with van der Waals surface area (Å²) in [4.78, 5) is 23.2. The number of carboxylic acid groups (broad SMARTS) is 1. The van der Waals surface area contributed by atoms with Gasteiger partial charge in [0.2, 0.25) is 0 Å². The summed E-state index contributed by atoms with van der Waals surface area (Å²) in [6, 6.07) is 0. The Bertz CT molecular complexity index is 360. The third-order valence-corrected chi connectivity index (χ3v) is 4.79. The number of Topliss-reactive ketones (excluding diaryl/α,β-unsaturated/α-hetero) is 1. The Morgan fingerprint density at radius 2 is 2.12 bits per heavy atom. The molecule has 17 heavy (non-hydrogen) atoms. The number of carbonyl (C=O) groups excluding carboxylic acids is 1. The van der Waals surface area contributed by atoms with E-state index >= 15 is 0 Å².